The number of hydrogen-bond acceptors (Lipinski definition) is 5. The SMILES string of the molecule is Cc1ccc(C(=O)Nc2ccc(N3CCC(N(C)CCCOC(C)C)CC3)c(C(=O)O)c2)cc1. The Balaban J connectivity index is 1.60. The van der Waals surface area contributed by atoms with Crippen LogP contribution in [0.5, 0.6) is 0 Å². The van der Waals surface area contributed by atoms with E-state index in [1.54, 1.807) is 24.3 Å². The van der Waals surface area contributed by atoms with E-state index in [1.165, 1.54) is 0 Å². The number of ether oxygens (including phenoxy) is 1. The number of rotatable bonds is 10. The third kappa shape index (κ3) is 7.05. The summed E-state index contributed by atoms with van der Waals surface area (Å²) < 4.78 is 5.64. The van der Waals surface area contributed by atoms with Crippen LogP contribution in [-0.2, 0) is 4.74 Å². The van der Waals surface area contributed by atoms with Gasteiger partial charge in [0.2, 0.25) is 0 Å². The second-order valence-electron chi connectivity index (χ2n) is 9.33. The highest BCUT2D eigenvalue weighted by Crippen LogP contribution is 2.28. The molecule has 1 aliphatic rings. The zero-order valence-corrected chi connectivity index (χ0v) is 20.7. The molecule has 0 aromatic heterocycles. The molecule has 0 saturated carbocycles. The second-order valence-corrected chi connectivity index (χ2v) is 9.33. The number of piperidine rings is 1. The number of carboxylic acids is 1. The molecule has 1 aliphatic heterocycles. The maximum atomic E-state index is 12.5. The van der Waals surface area contributed by atoms with E-state index < -0.39 is 5.97 Å². The molecule has 2 N–H and O–H groups in total. The Labute approximate surface area is 202 Å². The smallest absolute Gasteiger partial charge is 0.337 e. The third-order valence-electron chi connectivity index (χ3n) is 6.33. The summed E-state index contributed by atoms with van der Waals surface area (Å²) in [6, 6.07) is 12.9. The van der Waals surface area contributed by atoms with Crippen molar-refractivity contribution in [3.05, 3.63) is 59.2 Å². The van der Waals surface area contributed by atoms with Crippen LogP contribution in [0.1, 0.15) is 59.4 Å². The Morgan fingerprint density at radius 3 is 2.44 bits per heavy atom. The van der Waals surface area contributed by atoms with Crippen molar-refractivity contribution in [2.24, 2.45) is 0 Å². The number of carbonyl (C=O) groups excluding carboxylic acids is 1. The molecule has 2 aromatic rings. The zero-order valence-electron chi connectivity index (χ0n) is 20.7. The molecule has 1 fully saturated rings. The number of nitrogens with one attached hydrogen (secondary N) is 1. The average molecular weight is 468 g/mol. The largest absolute Gasteiger partial charge is 0.478 e. The monoisotopic (exact) mass is 467 g/mol. The Kier molecular flexibility index (Phi) is 9.07. The molecular weight excluding hydrogens is 430 g/mol. The minimum Gasteiger partial charge on any atom is -0.478 e. The number of aromatic carboxylic acids is 1. The minimum absolute atomic E-state index is 0.208. The molecule has 3 rings (SSSR count). The fourth-order valence-electron chi connectivity index (χ4n) is 4.33. The van der Waals surface area contributed by atoms with Crippen molar-refractivity contribution in [1.82, 2.24) is 4.90 Å². The van der Waals surface area contributed by atoms with Gasteiger partial charge in [-0.05, 0) is 77.4 Å². The summed E-state index contributed by atoms with van der Waals surface area (Å²) in [5.74, 6) is -1.25. The van der Waals surface area contributed by atoms with Crippen LogP contribution in [0.15, 0.2) is 42.5 Å². The van der Waals surface area contributed by atoms with Crippen LogP contribution < -0.4 is 10.2 Å². The summed E-state index contributed by atoms with van der Waals surface area (Å²) in [4.78, 5) is 29.1. The van der Waals surface area contributed by atoms with Gasteiger partial charge >= 0.3 is 5.97 Å². The van der Waals surface area contributed by atoms with Crippen molar-refractivity contribution in [3.63, 3.8) is 0 Å². The van der Waals surface area contributed by atoms with E-state index in [2.05, 4.69) is 36.0 Å². The van der Waals surface area contributed by atoms with Gasteiger partial charge in [-0.1, -0.05) is 17.7 Å². The fourth-order valence-corrected chi connectivity index (χ4v) is 4.33. The number of aryl methyl sites for hydroxylation is 1. The highest BCUT2D eigenvalue weighted by molar-refractivity contribution is 6.05. The highest BCUT2D eigenvalue weighted by atomic mass is 16.5. The molecule has 1 saturated heterocycles. The molecule has 34 heavy (non-hydrogen) atoms. The number of carboxylic acid groups (broad SMARTS) is 1. The second kappa shape index (κ2) is 12.0. The Morgan fingerprint density at radius 1 is 1.15 bits per heavy atom. The number of amides is 1. The lowest BCUT2D eigenvalue weighted by Crippen LogP contribution is -2.44. The molecule has 2 aromatic carbocycles. The Bertz CT molecular complexity index is 966. The van der Waals surface area contributed by atoms with E-state index in [0.29, 0.717) is 23.0 Å². The number of carbonyl (C=O) groups is 2. The summed E-state index contributed by atoms with van der Waals surface area (Å²) in [5, 5.41) is 12.7. The van der Waals surface area contributed by atoms with E-state index in [4.69, 9.17) is 4.74 Å². The number of hydrogen-bond donors (Lipinski definition) is 2. The molecule has 1 heterocycles. The van der Waals surface area contributed by atoms with Crippen LogP contribution >= 0.6 is 0 Å². The van der Waals surface area contributed by atoms with E-state index in [9.17, 15) is 14.7 Å². The van der Waals surface area contributed by atoms with Gasteiger partial charge in [0.1, 0.15) is 0 Å². The van der Waals surface area contributed by atoms with Gasteiger partial charge in [0, 0.05) is 43.5 Å². The topological polar surface area (TPSA) is 82.1 Å². The van der Waals surface area contributed by atoms with Crippen LogP contribution in [0, 0.1) is 6.92 Å². The quantitative estimate of drug-likeness (QED) is 0.495. The fraction of sp³-hybridized carbons (Fsp3) is 0.481. The molecule has 0 unspecified atom stereocenters. The Morgan fingerprint density at radius 2 is 1.82 bits per heavy atom. The summed E-state index contributed by atoms with van der Waals surface area (Å²) >= 11 is 0. The molecule has 7 nitrogen and oxygen atoms in total. The zero-order chi connectivity index (χ0) is 24.7. The molecule has 7 heteroatoms. The van der Waals surface area contributed by atoms with Gasteiger partial charge in [0.05, 0.1) is 17.4 Å². The molecule has 0 spiro atoms. The van der Waals surface area contributed by atoms with Gasteiger partial charge in [-0.25, -0.2) is 4.79 Å². The van der Waals surface area contributed by atoms with E-state index in [-0.39, 0.29) is 17.6 Å². The maximum absolute atomic E-state index is 12.5. The predicted octanol–water partition coefficient (Wildman–Crippen LogP) is 4.66. The average Bonchev–Trinajstić information content (AvgIpc) is 2.82. The molecule has 0 bridgehead atoms. The maximum Gasteiger partial charge on any atom is 0.337 e. The summed E-state index contributed by atoms with van der Waals surface area (Å²) in [7, 11) is 2.16. The first kappa shape index (κ1) is 25.7. The van der Waals surface area contributed by atoms with E-state index >= 15 is 0 Å². The van der Waals surface area contributed by atoms with Gasteiger partial charge in [-0.2, -0.15) is 0 Å². The summed E-state index contributed by atoms with van der Waals surface area (Å²) in [6.07, 6.45) is 3.23. The normalized spacial score (nSPS) is 14.6. The molecule has 0 radical (unpaired) electrons. The lowest BCUT2D eigenvalue weighted by atomic mass is 10.0. The van der Waals surface area contributed by atoms with E-state index in [1.807, 2.05) is 25.1 Å². The minimum atomic E-state index is -0.995. The van der Waals surface area contributed by atoms with Gasteiger partial charge in [-0.15, -0.1) is 0 Å². The predicted molar refractivity (Wildman–Crippen MR) is 136 cm³/mol. The van der Waals surface area contributed by atoms with Crippen molar-refractivity contribution in [1.29, 1.82) is 0 Å². The first-order valence-corrected chi connectivity index (χ1v) is 12.1. The lowest BCUT2D eigenvalue weighted by molar-refractivity contribution is 0.0682. The standard InChI is InChI=1S/C27H37N3O4/c1-19(2)34-17-5-14-29(4)23-12-15-30(16-13-23)25-11-10-22(18-24(25)27(32)33)28-26(31)21-8-6-20(3)7-9-21/h6-11,18-19,23H,5,12-17H2,1-4H3,(H,28,31)(H,32,33). The third-order valence-corrected chi connectivity index (χ3v) is 6.33. The first-order chi connectivity index (χ1) is 16.2. The molecule has 184 valence electrons. The summed E-state index contributed by atoms with van der Waals surface area (Å²) in [5.41, 5.74) is 2.99. The van der Waals surface area contributed by atoms with Crippen molar-refractivity contribution in [2.45, 2.75) is 52.2 Å². The van der Waals surface area contributed by atoms with Crippen LogP contribution in [0.4, 0.5) is 11.4 Å². The molecule has 0 aliphatic carbocycles. The molecular formula is C27H37N3O4. The van der Waals surface area contributed by atoms with Gasteiger partial charge < -0.3 is 25.0 Å². The van der Waals surface area contributed by atoms with Gasteiger partial charge in [0.25, 0.3) is 5.91 Å². The number of anilines is 2. The molecule has 0 atom stereocenters. The first-order valence-electron chi connectivity index (χ1n) is 12.1. The summed E-state index contributed by atoms with van der Waals surface area (Å²) in [6.45, 7) is 9.43. The van der Waals surface area contributed by atoms with Gasteiger partial charge in [-0.3, -0.25) is 4.79 Å². The van der Waals surface area contributed by atoms with Crippen molar-refractivity contribution < 1.29 is 19.4 Å². The Hall–Kier alpha value is -2.90. The van der Waals surface area contributed by atoms with Crippen molar-refractivity contribution in [3.8, 4) is 0 Å². The number of benzene rings is 2. The van der Waals surface area contributed by atoms with Crippen LogP contribution in [0.3, 0.4) is 0 Å². The van der Waals surface area contributed by atoms with Crippen molar-refractivity contribution in [2.75, 3.05) is 43.5 Å². The van der Waals surface area contributed by atoms with Crippen LogP contribution in [0.2, 0.25) is 0 Å². The molecule has 1 amide bonds. The van der Waals surface area contributed by atoms with Crippen LogP contribution in [0.25, 0.3) is 0 Å². The lowest BCUT2D eigenvalue weighted by Gasteiger charge is -2.38. The van der Waals surface area contributed by atoms with Crippen LogP contribution in [-0.4, -0.2) is 67.3 Å². The van der Waals surface area contributed by atoms with Gasteiger partial charge in [0.15, 0.2) is 0 Å². The highest BCUT2D eigenvalue weighted by Gasteiger charge is 2.25. The van der Waals surface area contributed by atoms with Crippen molar-refractivity contribution >= 4 is 23.3 Å². The van der Waals surface area contributed by atoms with E-state index in [0.717, 1.165) is 51.1 Å². The number of nitrogens with zero attached hydrogens (tertiary/aromatic N) is 2.